The van der Waals surface area contributed by atoms with Gasteiger partial charge in [-0.05, 0) is 30.2 Å². The molecule has 1 aromatic rings. The van der Waals surface area contributed by atoms with Gasteiger partial charge < -0.3 is 24.4 Å². The molecule has 2 rings (SSSR count). The van der Waals surface area contributed by atoms with Crippen LogP contribution in [0.5, 0.6) is 17.2 Å². The number of carbonyl (C=O) groups excluding carboxylic acids is 2. The van der Waals surface area contributed by atoms with Gasteiger partial charge in [-0.2, -0.15) is 0 Å². The zero-order valence-corrected chi connectivity index (χ0v) is 17.7. The number of ether oxygens (including phenoxy) is 3. The second-order valence-electron chi connectivity index (χ2n) is 6.74. The first kappa shape index (κ1) is 22.5. The Morgan fingerprint density at radius 1 is 1.03 bits per heavy atom. The van der Waals surface area contributed by atoms with Crippen LogP contribution in [0.4, 0.5) is 0 Å². The van der Waals surface area contributed by atoms with Crippen LogP contribution in [0, 0.1) is 0 Å². The Kier molecular flexibility index (Phi) is 8.79. The third-order valence-corrected chi connectivity index (χ3v) is 4.73. The van der Waals surface area contributed by atoms with E-state index >= 15 is 0 Å². The summed E-state index contributed by atoms with van der Waals surface area (Å²) in [6, 6.07) is 3.58. The minimum atomic E-state index is -0.0613. The van der Waals surface area contributed by atoms with E-state index in [1.807, 2.05) is 6.92 Å². The maximum atomic E-state index is 12.5. The van der Waals surface area contributed by atoms with Crippen molar-refractivity contribution < 1.29 is 23.8 Å². The second kappa shape index (κ2) is 11.3. The lowest BCUT2D eigenvalue weighted by Gasteiger charge is -2.33. The van der Waals surface area contributed by atoms with Crippen molar-refractivity contribution in [3.05, 3.63) is 23.8 Å². The van der Waals surface area contributed by atoms with Crippen LogP contribution in [0.2, 0.25) is 0 Å². The van der Waals surface area contributed by atoms with Gasteiger partial charge in [0.15, 0.2) is 11.5 Å². The van der Waals surface area contributed by atoms with Gasteiger partial charge in [0, 0.05) is 38.8 Å². The van der Waals surface area contributed by atoms with Crippen LogP contribution in [0.1, 0.15) is 18.9 Å². The molecule has 1 heterocycles. The lowest BCUT2D eigenvalue weighted by Crippen LogP contribution is -2.50. The Morgan fingerprint density at radius 2 is 1.66 bits per heavy atom. The Morgan fingerprint density at radius 3 is 2.17 bits per heavy atom. The predicted molar refractivity (Wildman–Crippen MR) is 111 cm³/mol. The normalized spacial score (nSPS) is 14.7. The number of carbonyl (C=O) groups is 2. The Labute approximate surface area is 172 Å². The van der Waals surface area contributed by atoms with Crippen molar-refractivity contribution in [3.63, 3.8) is 0 Å². The zero-order chi connectivity index (χ0) is 21.2. The van der Waals surface area contributed by atoms with Gasteiger partial charge in [0.05, 0.1) is 27.9 Å². The first-order chi connectivity index (χ1) is 14.0. The highest BCUT2D eigenvalue weighted by atomic mass is 16.5. The van der Waals surface area contributed by atoms with Gasteiger partial charge in [0.2, 0.25) is 17.6 Å². The molecule has 0 spiro atoms. The fourth-order valence-corrected chi connectivity index (χ4v) is 3.12. The van der Waals surface area contributed by atoms with Gasteiger partial charge in [0.25, 0.3) is 0 Å². The van der Waals surface area contributed by atoms with Crippen molar-refractivity contribution in [3.8, 4) is 17.2 Å². The van der Waals surface area contributed by atoms with E-state index in [9.17, 15) is 9.59 Å². The Balaban J connectivity index is 1.93. The van der Waals surface area contributed by atoms with Crippen LogP contribution in [0.3, 0.4) is 0 Å². The molecule has 0 aromatic heterocycles. The third-order valence-electron chi connectivity index (χ3n) is 4.73. The number of hydrogen-bond donors (Lipinski definition) is 1. The number of methoxy groups -OCH3 is 3. The fourth-order valence-electron chi connectivity index (χ4n) is 3.12. The average Bonchev–Trinajstić information content (AvgIpc) is 2.75. The van der Waals surface area contributed by atoms with Crippen molar-refractivity contribution in [1.29, 1.82) is 0 Å². The molecule has 1 fully saturated rings. The molecule has 0 atom stereocenters. The molecule has 1 aliphatic rings. The number of nitrogens with one attached hydrogen (secondary N) is 1. The second-order valence-corrected chi connectivity index (χ2v) is 6.74. The van der Waals surface area contributed by atoms with Crippen LogP contribution >= 0.6 is 0 Å². The Bertz CT molecular complexity index is 702. The van der Waals surface area contributed by atoms with Gasteiger partial charge in [-0.3, -0.25) is 14.5 Å². The molecule has 0 aliphatic carbocycles. The maximum absolute atomic E-state index is 12.5. The van der Waals surface area contributed by atoms with Crippen LogP contribution in [0.15, 0.2) is 18.2 Å². The molecule has 2 amide bonds. The summed E-state index contributed by atoms with van der Waals surface area (Å²) >= 11 is 0. The van der Waals surface area contributed by atoms with E-state index in [1.165, 1.54) is 0 Å². The first-order valence-corrected chi connectivity index (χ1v) is 9.78. The summed E-state index contributed by atoms with van der Waals surface area (Å²) in [5.41, 5.74) is 0.777. The predicted octanol–water partition coefficient (Wildman–Crippen LogP) is 1.40. The van der Waals surface area contributed by atoms with Gasteiger partial charge in [-0.1, -0.05) is 6.92 Å². The van der Waals surface area contributed by atoms with Crippen LogP contribution in [-0.4, -0.2) is 82.2 Å². The van der Waals surface area contributed by atoms with E-state index in [2.05, 4.69) is 10.2 Å². The van der Waals surface area contributed by atoms with E-state index in [0.717, 1.165) is 12.0 Å². The van der Waals surface area contributed by atoms with Crippen molar-refractivity contribution >= 4 is 17.9 Å². The first-order valence-electron chi connectivity index (χ1n) is 9.78. The number of amides is 2. The summed E-state index contributed by atoms with van der Waals surface area (Å²) < 4.78 is 16.0. The average molecular weight is 405 g/mol. The summed E-state index contributed by atoms with van der Waals surface area (Å²) in [7, 11) is 4.66. The summed E-state index contributed by atoms with van der Waals surface area (Å²) in [4.78, 5) is 28.2. The quantitative estimate of drug-likeness (QED) is 0.626. The van der Waals surface area contributed by atoms with E-state index in [4.69, 9.17) is 14.2 Å². The van der Waals surface area contributed by atoms with Crippen molar-refractivity contribution in [2.24, 2.45) is 0 Å². The van der Waals surface area contributed by atoms with Gasteiger partial charge in [-0.25, -0.2) is 0 Å². The molecule has 1 aliphatic heterocycles. The minimum absolute atomic E-state index is 0.0360. The summed E-state index contributed by atoms with van der Waals surface area (Å²) in [5, 5.41) is 2.88. The topological polar surface area (TPSA) is 80.3 Å². The summed E-state index contributed by atoms with van der Waals surface area (Å²) in [6.07, 6.45) is 4.20. The van der Waals surface area contributed by atoms with E-state index in [-0.39, 0.29) is 11.8 Å². The molecule has 1 N–H and O–H groups in total. The fraction of sp³-hybridized carbons (Fsp3) is 0.524. The molecule has 29 heavy (non-hydrogen) atoms. The Hall–Kier alpha value is -2.74. The molecule has 8 heteroatoms. The van der Waals surface area contributed by atoms with Crippen molar-refractivity contribution in [2.75, 3.05) is 60.6 Å². The molecular formula is C21H31N3O5. The SMILES string of the molecule is CCCNC(=O)CN1CCN(C(=O)/C=C/c2cc(OC)c(OC)c(OC)c2)CC1. The van der Waals surface area contributed by atoms with E-state index < -0.39 is 0 Å². The largest absolute Gasteiger partial charge is 0.493 e. The number of rotatable bonds is 9. The molecule has 0 unspecified atom stereocenters. The monoisotopic (exact) mass is 405 g/mol. The van der Waals surface area contributed by atoms with E-state index in [1.54, 1.807) is 50.5 Å². The number of nitrogens with zero attached hydrogens (tertiary/aromatic N) is 2. The number of benzene rings is 1. The smallest absolute Gasteiger partial charge is 0.246 e. The molecule has 1 aromatic carbocycles. The number of hydrogen-bond acceptors (Lipinski definition) is 6. The highest BCUT2D eigenvalue weighted by Crippen LogP contribution is 2.38. The third kappa shape index (κ3) is 6.39. The van der Waals surface area contributed by atoms with Crippen molar-refractivity contribution in [1.82, 2.24) is 15.1 Å². The maximum Gasteiger partial charge on any atom is 0.246 e. The van der Waals surface area contributed by atoms with Gasteiger partial charge >= 0.3 is 0 Å². The summed E-state index contributed by atoms with van der Waals surface area (Å²) in [6.45, 7) is 5.66. The lowest BCUT2D eigenvalue weighted by atomic mass is 10.1. The molecule has 0 radical (unpaired) electrons. The zero-order valence-electron chi connectivity index (χ0n) is 17.7. The molecule has 0 saturated carbocycles. The van der Waals surface area contributed by atoms with Crippen LogP contribution < -0.4 is 19.5 Å². The lowest BCUT2D eigenvalue weighted by molar-refractivity contribution is -0.128. The molecule has 0 bridgehead atoms. The van der Waals surface area contributed by atoms with Crippen molar-refractivity contribution in [2.45, 2.75) is 13.3 Å². The highest BCUT2D eigenvalue weighted by molar-refractivity contribution is 5.92. The molecular weight excluding hydrogens is 374 g/mol. The van der Waals surface area contributed by atoms with Crippen LogP contribution in [-0.2, 0) is 9.59 Å². The van der Waals surface area contributed by atoms with Crippen LogP contribution in [0.25, 0.3) is 6.08 Å². The van der Waals surface area contributed by atoms with Gasteiger partial charge in [-0.15, -0.1) is 0 Å². The number of piperazine rings is 1. The standard InChI is InChI=1S/C21H31N3O5/c1-5-8-22-19(25)15-23-9-11-24(12-10-23)20(26)7-6-16-13-17(27-2)21(29-4)18(14-16)28-3/h6-7,13-14H,5,8-12,15H2,1-4H3,(H,22,25)/b7-6+. The molecule has 1 saturated heterocycles. The summed E-state index contributed by atoms with van der Waals surface area (Å²) in [5.74, 6) is 1.56. The minimum Gasteiger partial charge on any atom is -0.493 e. The van der Waals surface area contributed by atoms with E-state index in [0.29, 0.717) is 56.5 Å². The molecule has 160 valence electrons. The van der Waals surface area contributed by atoms with Gasteiger partial charge in [0.1, 0.15) is 0 Å². The highest BCUT2D eigenvalue weighted by Gasteiger charge is 2.21. The molecule has 8 nitrogen and oxygen atoms in total.